The number of allylic oxidation sites excluding steroid dienone is 1. The molecule has 0 radical (unpaired) electrons. The van der Waals surface area contributed by atoms with Crippen molar-refractivity contribution >= 4 is 50.5 Å². The van der Waals surface area contributed by atoms with Gasteiger partial charge in [-0.25, -0.2) is 0 Å². The summed E-state index contributed by atoms with van der Waals surface area (Å²) in [6.45, 7) is 6.16. The minimum absolute atomic E-state index is 1.07. The molecule has 0 unspecified atom stereocenters. The zero-order valence-corrected chi connectivity index (χ0v) is 38.6. The van der Waals surface area contributed by atoms with Crippen molar-refractivity contribution in [2.45, 2.75) is 6.92 Å². The van der Waals surface area contributed by atoms with Gasteiger partial charge in [-0.2, -0.15) is 0 Å². The van der Waals surface area contributed by atoms with Crippen LogP contribution in [0.15, 0.2) is 280 Å². The summed E-state index contributed by atoms with van der Waals surface area (Å²) >= 11 is 0. The van der Waals surface area contributed by atoms with Crippen molar-refractivity contribution in [3.8, 4) is 55.6 Å². The third-order valence-electron chi connectivity index (χ3n) is 13.1. The van der Waals surface area contributed by atoms with Crippen LogP contribution in [0.5, 0.6) is 0 Å². The molecular formula is C67H50N2. The summed E-state index contributed by atoms with van der Waals surface area (Å²) in [6.07, 6.45) is 0. The van der Waals surface area contributed by atoms with Crippen LogP contribution >= 0.6 is 0 Å². The number of nitrogens with zero attached hydrogens (tertiary/aromatic N) is 2. The molecule has 0 bridgehead atoms. The molecule has 11 rings (SSSR count). The van der Waals surface area contributed by atoms with E-state index in [-0.39, 0.29) is 0 Å². The molecule has 0 aliphatic rings. The summed E-state index contributed by atoms with van der Waals surface area (Å²) in [5, 5.41) is 2.49. The topological polar surface area (TPSA) is 6.48 Å². The van der Waals surface area contributed by atoms with Crippen molar-refractivity contribution in [2.75, 3.05) is 9.80 Å². The standard InChI is InChI=1S/C67H50N2/c1-48(2)49-20-22-52(23-21-49)55-28-40-63(41-29-55)69(65-46-34-59(35-47-65)67-19-11-17-58-16-9-10-18-66(58)67)64-44-32-57(33-45-64)56-30-42-62(43-31-56)68(60-36-24-53(25-37-60)50-12-5-3-6-13-50)61-38-26-54(27-39-61)51-14-7-4-8-15-51/h3-47H,1H2,2H3. The Balaban J connectivity index is 0.911. The fourth-order valence-electron chi connectivity index (χ4n) is 9.38. The Labute approximate surface area is 406 Å². The van der Waals surface area contributed by atoms with Gasteiger partial charge in [0.2, 0.25) is 0 Å². The average Bonchev–Trinajstić information content (AvgIpc) is 3.42. The molecule has 11 aromatic carbocycles. The molecule has 0 N–H and O–H groups in total. The van der Waals surface area contributed by atoms with Crippen LogP contribution in [0.25, 0.3) is 72.0 Å². The number of rotatable bonds is 12. The molecule has 0 saturated carbocycles. The number of hydrogen-bond acceptors (Lipinski definition) is 2. The zero-order chi connectivity index (χ0) is 46.5. The predicted molar refractivity (Wildman–Crippen MR) is 295 cm³/mol. The maximum absolute atomic E-state index is 4.12. The highest BCUT2D eigenvalue weighted by Crippen LogP contribution is 2.41. The van der Waals surface area contributed by atoms with Gasteiger partial charge in [-0.15, -0.1) is 0 Å². The lowest BCUT2D eigenvalue weighted by Gasteiger charge is -2.27. The highest BCUT2D eigenvalue weighted by Gasteiger charge is 2.17. The zero-order valence-electron chi connectivity index (χ0n) is 38.6. The van der Waals surface area contributed by atoms with Gasteiger partial charge in [0.05, 0.1) is 0 Å². The van der Waals surface area contributed by atoms with Crippen LogP contribution in [0.3, 0.4) is 0 Å². The molecule has 0 aliphatic carbocycles. The van der Waals surface area contributed by atoms with Crippen LogP contribution in [0.2, 0.25) is 0 Å². The number of benzene rings is 11. The van der Waals surface area contributed by atoms with E-state index in [0.717, 1.165) is 56.4 Å². The first-order valence-electron chi connectivity index (χ1n) is 23.6. The van der Waals surface area contributed by atoms with E-state index in [9.17, 15) is 0 Å². The lowest BCUT2D eigenvalue weighted by molar-refractivity contribution is 1.28. The molecule has 11 aromatic rings. The maximum Gasteiger partial charge on any atom is 0.0462 e. The summed E-state index contributed by atoms with van der Waals surface area (Å²) in [5.74, 6) is 0. The molecule has 0 amide bonds. The second-order valence-corrected chi connectivity index (χ2v) is 17.6. The summed E-state index contributed by atoms with van der Waals surface area (Å²) in [7, 11) is 0. The van der Waals surface area contributed by atoms with Gasteiger partial charge >= 0.3 is 0 Å². The Morgan fingerprint density at radius 1 is 0.261 bits per heavy atom. The Morgan fingerprint density at radius 3 is 0.884 bits per heavy atom. The smallest absolute Gasteiger partial charge is 0.0462 e. The first kappa shape index (κ1) is 42.6. The van der Waals surface area contributed by atoms with Crippen LogP contribution < -0.4 is 9.80 Å². The van der Waals surface area contributed by atoms with Crippen LogP contribution in [-0.4, -0.2) is 0 Å². The van der Waals surface area contributed by atoms with E-state index in [4.69, 9.17) is 0 Å². The van der Waals surface area contributed by atoms with E-state index in [0.29, 0.717) is 0 Å². The fourth-order valence-corrected chi connectivity index (χ4v) is 9.38. The highest BCUT2D eigenvalue weighted by atomic mass is 15.1. The lowest BCUT2D eigenvalue weighted by Crippen LogP contribution is -2.10. The second kappa shape index (κ2) is 19.1. The Kier molecular flexibility index (Phi) is 11.8. The lowest BCUT2D eigenvalue weighted by atomic mass is 9.98. The van der Waals surface area contributed by atoms with Crippen molar-refractivity contribution in [3.05, 3.63) is 285 Å². The third-order valence-corrected chi connectivity index (χ3v) is 13.1. The third kappa shape index (κ3) is 9.00. The summed E-state index contributed by atoms with van der Waals surface area (Å²) in [6, 6.07) is 98.4. The molecule has 2 heteroatoms. The molecule has 328 valence electrons. The summed E-state index contributed by atoms with van der Waals surface area (Å²) < 4.78 is 0. The molecule has 69 heavy (non-hydrogen) atoms. The molecule has 0 saturated heterocycles. The van der Waals surface area contributed by atoms with E-state index in [1.165, 1.54) is 55.3 Å². The Hall–Kier alpha value is -8.98. The van der Waals surface area contributed by atoms with Gasteiger partial charge < -0.3 is 9.80 Å². The van der Waals surface area contributed by atoms with Crippen molar-refractivity contribution in [1.82, 2.24) is 0 Å². The van der Waals surface area contributed by atoms with Gasteiger partial charge in [-0.3, -0.25) is 0 Å². The Morgan fingerprint density at radius 2 is 0.536 bits per heavy atom. The van der Waals surface area contributed by atoms with E-state index in [1.54, 1.807) is 0 Å². The van der Waals surface area contributed by atoms with Gasteiger partial charge in [0.25, 0.3) is 0 Å². The van der Waals surface area contributed by atoms with Gasteiger partial charge in [-0.1, -0.05) is 212 Å². The molecule has 0 aliphatic heterocycles. The summed E-state index contributed by atoms with van der Waals surface area (Å²) in [5.41, 5.74) is 20.6. The van der Waals surface area contributed by atoms with E-state index >= 15 is 0 Å². The van der Waals surface area contributed by atoms with Crippen molar-refractivity contribution in [1.29, 1.82) is 0 Å². The van der Waals surface area contributed by atoms with Gasteiger partial charge in [0, 0.05) is 34.1 Å². The molecule has 0 atom stereocenters. The van der Waals surface area contributed by atoms with Crippen molar-refractivity contribution < 1.29 is 0 Å². The Bertz CT molecular complexity index is 3400. The number of anilines is 6. The SMILES string of the molecule is C=C(C)c1ccc(-c2ccc(N(c3ccc(-c4ccc(N(c5ccc(-c6ccccc6)cc5)c5ccc(-c6ccccc6)cc5)cc4)cc3)c3ccc(-c4cccc5ccccc45)cc3)cc2)cc1. The van der Waals surface area contributed by atoms with Gasteiger partial charge in [0.15, 0.2) is 0 Å². The quantitative estimate of drug-likeness (QED) is 0.121. The average molecular weight is 883 g/mol. The van der Waals surface area contributed by atoms with Crippen LogP contribution in [0.1, 0.15) is 12.5 Å². The van der Waals surface area contributed by atoms with Crippen molar-refractivity contribution in [2.24, 2.45) is 0 Å². The van der Waals surface area contributed by atoms with Gasteiger partial charge in [0.1, 0.15) is 0 Å². The molecular weight excluding hydrogens is 833 g/mol. The molecule has 0 aromatic heterocycles. The molecule has 0 heterocycles. The van der Waals surface area contributed by atoms with E-state index in [2.05, 4.69) is 289 Å². The first-order chi connectivity index (χ1) is 34.0. The normalized spacial score (nSPS) is 11.0. The number of fused-ring (bicyclic) bond motifs is 1. The fraction of sp³-hybridized carbons (Fsp3) is 0.0149. The first-order valence-corrected chi connectivity index (χ1v) is 23.6. The van der Waals surface area contributed by atoms with Crippen molar-refractivity contribution in [3.63, 3.8) is 0 Å². The van der Waals surface area contributed by atoms with Crippen LogP contribution in [-0.2, 0) is 0 Å². The molecule has 2 nitrogen and oxygen atoms in total. The minimum atomic E-state index is 1.07. The monoisotopic (exact) mass is 882 g/mol. The van der Waals surface area contributed by atoms with Crippen LogP contribution in [0.4, 0.5) is 34.1 Å². The van der Waals surface area contributed by atoms with E-state index < -0.39 is 0 Å². The van der Waals surface area contributed by atoms with E-state index in [1.807, 2.05) is 6.92 Å². The molecule has 0 spiro atoms. The maximum atomic E-state index is 4.12. The number of hydrogen-bond donors (Lipinski definition) is 0. The van der Waals surface area contributed by atoms with Gasteiger partial charge in [-0.05, 0) is 152 Å². The second-order valence-electron chi connectivity index (χ2n) is 17.6. The summed E-state index contributed by atoms with van der Waals surface area (Å²) in [4.78, 5) is 4.68. The van der Waals surface area contributed by atoms with Crippen LogP contribution in [0, 0.1) is 0 Å². The predicted octanol–water partition coefficient (Wildman–Crippen LogP) is 19.1. The highest BCUT2D eigenvalue weighted by molar-refractivity contribution is 5.97. The largest absolute Gasteiger partial charge is 0.311 e. The molecule has 0 fully saturated rings. The minimum Gasteiger partial charge on any atom is -0.311 e.